The van der Waals surface area contributed by atoms with Gasteiger partial charge in [0.15, 0.2) is 0 Å². The van der Waals surface area contributed by atoms with Crippen molar-refractivity contribution in [1.82, 2.24) is 9.55 Å². The fourth-order valence-electron chi connectivity index (χ4n) is 2.37. The predicted octanol–water partition coefficient (Wildman–Crippen LogP) is 2.00. The van der Waals surface area contributed by atoms with E-state index in [9.17, 15) is 4.79 Å². The smallest absolute Gasteiger partial charge is 0.228 e. The number of aryl methyl sites for hydroxylation is 3. The summed E-state index contributed by atoms with van der Waals surface area (Å²) >= 11 is 0. The van der Waals surface area contributed by atoms with Gasteiger partial charge >= 0.3 is 0 Å². The molecule has 0 unspecified atom stereocenters. The average Bonchev–Trinajstić information content (AvgIpc) is 2.54. The van der Waals surface area contributed by atoms with Gasteiger partial charge in [-0.2, -0.15) is 0 Å². The molecule has 0 aliphatic carbocycles. The molecular formula is C12H13N3O. The Kier molecular flexibility index (Phi) is 1.80. The van der Waals surface area contributed by atoms with Crippen molar-refractivity contribution in [2.75, 3.05) is 5.32 Å². The minimum Gasteiger partial charge on any atom is -0.309 e. The van der Waals surface area contributed by atoms with Crippen LogP contribution in [0.1, 0.15) is 17.5 Å². The highest BCUT2D eigenvalue weighted by atomic mass is 16.1. The van der Waals surface area contributed by atoms with E-state index in [1.54, 1.807) is 0 Å². The highest BCUT2D eigenvalue weighted by Crippen LogP contribution is 2.26. The summed E-state index contributed by atoms with van der Waals surface area (Å²) in [6, 6.07) is 4.20. The van der Waals surface area contributed by atoms with Gasteiger partial charge in [-0.15, -0.1) is 0 Å². The number of nitrogens with zero attached hydrogens (tertiary/aromatic N) is 2. The van der Waals surface area contributed by atoms with Crippen molar-refractivity contribution in [3.05, 3.63) is 23.3 Å². The van der Waals surface area contributed by atoms with Gasteiger partial charge in [0.05, 0.1) is 11.0 Å². The standard InChI is InChI=1S/C12H13N3O/c1-7-5-8(2)11-9(6-7)13-12-14-10(16)3-4-15(11)12/h5-6H,3-4H2,1-2H3,(H,13,14,16). The molecule has 2 heterocycles. The minimum atomic E-state index is 0.0529. The molecule has 0 saturated carbocycles. The molecule has 16 heavy (non-hydrogen) atoms. The summed E-state index contributed by atoms with van der Waals surface area (Å²) in [4.78, 5) is 15.7. The van der Waals surface area contributed by atoms with Gasteiger partial charge in [-0.3, -0.25) is 10.1 Å². The molecule has 82 valence electrons. The Morgan fingerprint density at radius 3 is 3.00 bits per heavy atom. The fraction of sp³-hybridized carbons (Fsp3) is 0.333. The van der Waals surface area contributed by atoms with Crippen LogP contribution in [-0.4, -0.2) is 15.5 Å². The molecule has 1 N–H and O–H groups in total. The quantitative estimate of drug-likeness (QED) is 0.730. The van der Waals surface area contributed by atoms with E-state index >= 15 is 0 Å². The van der Waals surface area contributed by atoms with Crippen LogP contribution in [-0.2, 0) is 11.3 Å². The Labute approximate surface area is 93.3 Å². The molecule has 1 amide bonds. The van der Waals surface area contributed by atoms with E-state index in [1.807, 2.05) is 0 Å². The second-order valence-corrected chi connectivity index (χ2v) is 4.33. The zero-order valence-corrected chi connectivity index (χ0v) is 9.37. The Hall–Kier alpha value is -1.84. The third kappa shape index (κ3) is 1.23. The molecule has 0 atom stereocenters. The summed E-state index contributed by atoms with van der Waals surface area (Å²) in [7, 11) is 0. The van der Waals surface area contributed by atoms with E-state index in [0.717, 1.165) is 17.6 Å². The van der Waals surface area contributed by atoms with Crippen LogP contribution in [0.4, 0.5) is 5.95 Å². The Bertz CT molecular complexity index is 598. The van der Waals surface area contributed by atoms with Crippen LogP contribution in [0, 0.1) is 13.8 Å². The first-order valence-electron chi connectivity index (χ1n) is 5.42. The molecule has 1 aromatic heterocycles. The lowest BCUT2D eigenvalue weighted by atomic mass is 10.1. The average molecular weight is 215 g/mol. The van der Waals surface area contributed by atoms with Crippen LogP contribution in [0.25, 0.3) is 11.0 Å². The number of rotatable bonds is 0. The molecule has 2 aromatic rings. The summed E-state index contributed by atoms with van der Waals surface area (Å²) in [5.74, 6) is 0.733. The number of carbonyl (C=O) groups is 1. The first kappa shape index (κ1) is 9.39. The third-order valence-corrected chi connectivity index (χ3v) is 2.99. The number of hydrogen-bond acceptors (Lipinski definition) is 2. The third-order valence-electron chi connectivity index (χ3n) is 2.99. The second-order valence-electron chi connectivity index (χ2n) is 4.33. The van der Waals surface area contributed by atoms with Gasteiger partial charge in [0, 0.05) is 13.0 Å². The summed E-state index contributed by atoms with van der Waals surface area (Å²) < 4.78 is 2.09. The lowest BCUT2D eigenvalue weighted by Gasteiger charge is -2.15. The largest absolute Gasteiger partial charge is 0.309 e. The monoisotopic (exact) mass is 215 g/mol. The van der Waals surface area contributed by atoms with Gasteiger partial charge in [0.25, 0.3) is 0 Å². The molecule has 0 fully saturated rings. The molecule has 0 radical (unpaired) electrons. The summed E-state index contributed by atoms with van der Waals surface area (Å²) in [6.45, 7) is 4.87. The number of anilines is 1. The predicted molar refractivity (Wildman–Crippen MR) is 62.5 cm³/mol. The number of carbonyl (C=O) groups excluding carboxylic acids is 1. The molecule has 3 rings (SSSR count). The first-order chi connectivity index (χ1) is 7.65. The van der Waals surface area contributed by atoms with Gasteiger partial charge in [0.2, 0.25) is 11.9 Å². The van der Waals surface area contributed by atoms with E-state index in [-0.39, 0.29) is 5.91 Å². The summed E-state index contributed by atoms with van der Waals surface area (Å²) in [6.07, 6.45) is 0.534. The Morgan fingerprint density at radius 2 is 2.19 bits per heavy atom. The number of nitrogens with one attached hydrogen (secondary N) is 1. The highest BCUT2D eigenvalue weighted by molar-refractivity contribution is 5.94. The van der Waals surface area contributed by atoms with E-state index in [4.69, 9.17) is 0 Å². The van der Waals surface area contributed by atoms with E-state index in [1.165, 1.54) is 11.1 Å². The summed E-state index contributed by atoms with van der Waals surface area (Å²) in [5.41, 5.74) is 4.52. The van der Waals surface area contributed by atoms with Gasteiger partial charge in [-0.25, -0.2) is 4.98 Å². The normalized spacial score (nSPS) is 15.0. The van der Waals surface area contributed by atoms with Gasteiger partial charge < -0.3 is 4.57 Å². The van der Waals surface area contributed by atoms with E-state index < -0.39 is 0 Å². The zero-order valence-electron chi connectivity index (χ0n) is 9.37. The fourth-order valence-corrected chi connectivity index (χ4v) is 2.37. The molecule has 1 aromatic carbocycles. The summed E-state index contributed by atoms with van der Waals surface area (Å²) in [5, 5.41) is 2.81. The van der Waals surface area contributed by atoms with Crippen LogP contribution >= 0.6 is 0 Å². The van der Waals surface area contributed by atoms with Crippen molar-refractivity contribution in [2.45, 2.75) is 26.8 Å². The lowest BCUT2D eigenvalue weighted by molar-refractivity contribution is -0.116. The topological polar surface area (TPSA) is 46.9 Å². The molecule has 1 aliphatic heterocycles. The molecule has 0 spiro atoms. The molecule has 0 bridgehead atoms. The molecular weight excluding hydrogens is 202 g/mol. The zero-order chi connectivity index (χ0) is 11.3. The Balaban J connectivity index is 2.33. The van der Waals surface area contributed by atoms with Crippen LogP contribution in [0.2, 0.25) is 0 Å². The number of imidazole rings is 1. The number of fused-ring (bicyclic) bond motifs is 3. The van der Waals surface area contributed by atoms with E-state index in [0.29, 0.717) is 12.4 Å². The van der Waals surface area contributed by atoms with Gasteiger partial charge in [-0.05, 0) is 31.0 Å². The van der Waals surface area contributed by atoms with Crippen molar-refractivity contribution in [3.8, 4) is 0 Å². The number of amides is 1. The first-order valence-corrected chi connectivity index (χ1v) is 5.42. The van der Waals surface area contributed by atoms with Crippen molar-refractivity contribution in [3.63, 3.8) is 0 Å². The highest BCUT2D eigenvalue weighted by Gasteiger charge is 2.19. The SMILES string of the molecule is Cc1cc(C)c2c(c1)nc1n2CCC(=O)N1. The van der Waals surface area contributed by atoms with Crippen molar-refractivity contribution in [2.24, 2.45) is 0 Å². The number of hydrogen-bond donors (Lipinski definition) is 1. The van der Waals surface area contributed by atoms with E-state index in [2.05, 4.69) is 40.8 Å². The minimum absolute atomic E-state index is 0.0529. The van der Waals surface area contributed by atoms with Crippen LogP contribution in [0.15, 0.2) is 12.1 Å². The molecule has 4 heteroatoms. The molecule has 4 nitrogen and oxygen atoms in total. The maximum atomic E-state index is 11.3. The second kappa shape index (κ2) is 3.07. The molecule has 1 aliphatic rings. The van der Waals surface area contributed by atoms with Crippen molar-refractivity contribution >= 4 is 22.9 Å². The lowest BCUT2D eigenvalue weighted by Crippen LogP contribution is -2.23. The maximum Gasteiger partial charge on any atom is 0.228 e. The van der Waals surface area contributed by atoms with Crippen LogP contribution in [0.5, 0.6) is 0 Å². The number of benzene rings is 1. The van der Waals surface area contributed by atoms with Crippen molar-refractivity contribution < 1.29 is 4.79 Å². The molecule has 0 saturated heterocycles. The number of aromatic nitrogens is 2. The van der Waals surface area contributed by atoms with Crippen molar-refractivity contribution in [1.29, 1.82) is 0 Å². The van der Waals surface area contributed by atoms with Gasteiger partial charge in [-0.1, -0.05) is 6.07 Å². The van der Waals surface area contributed by atoms with Crippen LogP contribution < -0.4 is 5.32 Å². The Morgan fingerprint density at radius 1 is 1.38 bits per heavy atom. The van der Waals surface area contributed by atoms with Crippen LogP contribution in [0.3, 0.4) is 0 Å². The maximum absolute atomic E-state index is 11.3. The van der Waals surface area contributed by atoms with Gasteiger partial charge in [0.1, 0.15) is 0 Å².